The summed E-state index contributed by atoms with van der Waals surface area (Å²) >= 11 is 0. The van der Waals surface area contributed by atoms with Crippen molar-refractivity contribution in [1.82, 2.24) is 14.6 Å². The molecule has 0 aliphatic carbocycles. The summed E-state index contributed by atoms with van der Waals surface area (Å²) in [6, 6.07) is 4.29. The first-order valence-electron chi connectivity index (χ1n) is 5.92. The second-order valence-corrected chi connectivity index (χ2v) is 4.21. The highest BCUT2D eigenvalue weighted by atomic mass is 16.3. The predicted molar refractivity (Wildman–Crippen MR) is 67.1 cm³/mol. The van der Waals surface area contributed by atoms with E-state index in [1.165, 1.54) is 0 Å². The number of hydrogen-bond acceptors (Lipinski definition) is 4. The third-order valence-electron chi connectivity index (χ3n) is 2.85. The van der Waals surface area contributed by atoms with Crippen LogP contribution in [0.25, 0.3) is 5.65 Å². The zero-order chi connectivity index (χ0) is 12.3. The van der Waals surface area contributed by atoms with E-state index < -0.39 is 0 Å². The molecule has 0 saturated carbocycles. The summed E-state index contributed by atoms with van der Waals surface area (Å²) in [5.41, 5.74) is 1.98. The van der Waals surface area contributed by atoms with Crippen molar-refractivity contribution in [2.45, 2.75) is 32.7 Å². The van der Waals surface area contributed by atoms with Gasteiger partial charge in [-0.2, -0.15) is 9.61 Å². The van der Waals surface area contributed by atoms with Crippen molar-refractivity contribution in [2.75, 3.05) is 11.9 Å². The normalized spacial score (nSPS) is 12.9. The molecule has 1 atom stereocenters. The number of nitrogens with zero attached hydrogens (tertiary/aromatic N) is 3. The molecule has 2 aromatic heterocycles. The van der Waals surface area contributed by atoms with Gasteiger partial charge in [0.2, 0.25) is 0 Å². The number of rotatable bonds is 5. The van der Waals surface area contributed by atoms with Crippen molar-refractivity contribution in [3.8, 4) is 0 Å². The quantitative estimate of drug-likeness (QED) is 0.825. The number of pyridine rings is 1. The molecule has 1 unspecified atom stereocenters. The van der Waals surface area contributed by atoms with Crippen LogP contribution in [0, 0.1) is 6.92 Å². The van der Waals surface area contributed by atoms with E-state index in [9.17, 15) is 0 Å². The average molecular weight is 234 g/mol. The van der Waals surface area contributed by atoms with Crippen LogP contribution in [0.2, 0.25) is 0 Å². The molecule has 2 aromatic rings. The Hall–Kier alpha value is -1.62. The minimum absolute atomic E-state index is 0.192. The fourth-order valence-electron chi connectivity index (χ4n) is 1.90. The fraction of sp³-hybridized carbons (Fsp3) is 0.500. The van der Waals surface area contributed by atoms with E-state index in [4.69, 9.17) is 5.11 Å². The minimum Gasteiger partial charge on any atom is -0.396 e. The van der Waals surface area contributed by atoms with Crippen molar-refractivity contribution in [2.24, 2.45) is 0 Å². The average Bonchev–Trinajstić information content (AvgIpc) is 2.76. The SMILES string of the molecule is CCC(CCO)Nc1cc(C)cc2ncnn12. The van der Waals surface area contributed by atoms with Crippen LogP contribution in [0.3, 0.4) is 0 Å². The Balaban J connectivity index is 2.30. The van der Waals surface area contributed by atoms with Crippen LogP contribution >= 0.6 is 0 Å². The van der Waals surface area contributed by atoms with Gasteiger partial charge in [-0.15, -0.1) is 0 Å². The van der Waals surface area contributed by atoms with Gasteiger partial charge in [-0.05, 0) is 37.5 Å². The number of nitrogens with one attached hydrogen (secondary N) is 1. The summed E-state index contributed by atoms with van der Waals surface area (Å²) in [4.78, 5) is 4.18. The maximum absolute atomic E-state index is 9.00. The van der Waals surface area contributed by atoms with Gasteiger partial charge >= 0.3 is 0 Å². The smallest absolute Gasteiger partial charge is 0.157 e. The largest absolute Gasteiger partial charge is 0.396 e. The lowest BCUT2D eigenvalue weighted by Crippen LogP contribution is -2.21. The third-order valence-corrected chi connectivity index (χ3v) is 2.85. The molecule has 0 bridgehead atoms. The van der Waals surface area contributed by atoms with Crippen LogP contribution in [-0.2, 0) is 0 Å². The van der Waals surface area contributed by atoms with Gasteiger partial charge in [-0.25, -0.2) is 4.98 Å². The van der Waals surface area contributed by atoms with Crippen LogP contribution in [0.15, 0.2) is 18.5 Å². The molecule has 0 saturated heterocycles. The number of anilines is 1. The Morgan fingerprint density at radius 1 is 1.47 bits per heavy atom. The molecular weight excluding hydrogens is 216 g/mol. The van der Waals surface area contributed by atoms with Gasteiger partial charge in [0.15, 0.2) is 5.65 Å². The van der Waals surface area contributed by atoms with E-state index in [2.05, 4.69) is 22.3 Å². The molecular formula is C12H18N4O. The van der Waals surface area contributed by atoms with Gasteiger partial charge in [0.05, 0.1) is 0 Å². The van der Waals surface area contributed by atoms with Gasteiger partial charge in [0.1, 0.15) is 12.1 Å². The van der Waals surface area contributed by atoms with E-state index in [0.29, 0.717) is 0 Å². The molecule has 0 spiro atoms. The topological polar surface area (TPSA) is 62.5 Å². The standard InChI is InChI=1S/C12H18N4O/c1-3-10(4-5-17)15-12-7-9(2)6-11-13-8-14-16(11)12/h6-8,10,15,17H,3-5H2,1-2H3. The summed E-state index contributed by atoms with van der Waals surface area (Å²) in [6.07, 6.45) is 3.25. The molecule has 2 rings (SSSR count). The molecule has 2 heterocycles. The number of fused-ring (bicyclic) bond motifs is 1. The second kappa shape index (κ2) is 5.14. The summed E-state index contributed by atoms with van der Waals surface area (Å²) in [5, 5.41) is 16.6. The molecule has 0 aliphatic heterocycles. The van der Waals surface area contributed by atoms with Crippen molar-refractivity contribution in [1.29, 1.82) is 0 Å². The van der Waals surface area contributed by atoms with Gasteiger partial charge in [0.25, 0.3) is 0 Å². The Morgan fingerprint density at radius 3 is 3.00 bits per heavy atom. The minimum atomic E-state index is 0.192. The van der Waals surface area contributed by atoms with Gasteiger partial charge in [-0.1, -0.05) is 6.92 Å². The molecule has 17 heavy (non-hydrogen) atoms. The Kier molecular flexibility index (Phi) is 3.58. The summed E-state index contributed by atoms with van der Waals surface area (Å²) < 4.78 is 1.78. The van der Waals surface area contributed by atoms with Gasteiger partial charge < -0.3 is 10.4 Å². The lowest BCUT2D eigenvalue weighted by molar-refractivity contribution is 0.278. The maximum atomic E-state index is 9.00. The Bertz CT molecular complexity index is 494. The van der Waals surface area contributed by atoms with Crippen molar-refractivity contribution in [3.63, 3.8) is 0 Å². The highest BCUT2D eigenvalue weighted by Gasteiger charge is 2.09. The third kappa shape index (κ3) is 2.55. The van der Waals surface area contributed by atoms with Crippen molar-refractivity contribution < 1.29 is 5.11 Å². The van der Waals surface area contributed by atoms with E-state index >= 15 is 0 Å². The van der Waals surface area contributed by atoms with E-state index in [-0.39, 0.29) is 12.6 Å². The number of aryl methyl sites for hydroxylation is 1. The molecule has 5 heteroatoms. The fourth-order valence-corrected chi connectivity index (χ4v) is 1.90. The van der Waals surface area contributed by atoms with Crippen LogP contribution in [0.1, 0.15) is 25.3 Å². The molecule has 0 amide bonds. The number of aliphatic hydroxyl groups excluding tert-OH is 1. The Morgan fingerprint density at radius 2 is 2.29 bits per heavy atom. The first-order valence-corrected chi connectivity index (χ1v) is 5.92. The van der Waals surface area contributed by atoms with Crippen molar-refractivity contribution >= 4 is 11.5 Å². The first-order chi connectivity index (χ1) is 8.24. The summed E-state index contributed by atoms with van der Waals surface area (Å²) in [5.74, 6) is 0.929. The molecule has 5 nitrogen and oxygen atoms in total. The predicted octanol–water partition coefficient (Wildman–Crippen LogP) is 1.61. The van der Waals surface area contributed by atoms with Gasteiger partial charge in [0, 0.05) is 12.6 Å². The number of aromatic nitrogens is 3. The zero-order valence-electron chi connectivity index (χ0n) is 10.2. The van der Waals surface area contributed by atoms with E-state index in [1.807, 2.05) is 19.1 Å². The van der Waals surface area contributed by atoms with Crippen LogP contribution in [0.5, 0.6) is 0 Å². The molecule has 0 fully saturated rings. The highest BCUT2D eigenvalue weighted by Crippen LogP contribution is 2.15. The summed E-state index contributed by atoms with van der Waals surface area (Å²) in [6.45, 7) is 4.33. The van der Waals surface area contributed by atoms with Crippen molar-refractivity contribution in [3.05, 3.63) is 24.0 Å². The number of aliphatic hydroxyl groups is 1. The molecule has 2 N–H and O–H groups in total. The van der Waals surface area contributed by atoms with Crippen LogP contribution < -0.4 is 5.32 Å². The lowest BCUT2D eigenvalue weighted by atomic mass is 10.1. The van der Waals surface area contributed by atoms with Gasteiger partial charge in [-0.3, -0.25) is 0 Å². The van der Waals surface area contributed by atoms with Crippen LogP contribution in [-0.4, -0.2) is 32.4 Å². The molecule has 0 aliphatic rings. The number of hydrogen-bond donors (Lipinski definition) is 2. The first kappa shape index (κ1) is 11.9. The molecule has 92 valence electrons. The monoisotopic (exact) mass is 234 g/mol. The second-order valence-electron chi connectivity index (χ2n) is 4.21. The zero-order valence-corrected chi connectivity index (χ0v) is 10.2. The highest BCUT2D eigenvalue weighted by molar-refractivity contribution is 5.51. The maximum Gasteiger partial charge on any atom is 0.157 e. The van der Waals surface area contributed by atoms with E-state index in [0.717, 1.165) is 29.9 Å². The summed E-state index contributed by atoms with van der Waals surface area (Å²) in [7, 11) is 0. The molecule has 0 aromatic carbocycles. The van der Waals surface area contributed by atoms with E-state index in [1.54, 1.807) is 10.8 Å². The molecule has 0 radical (unpaired) electrons. The van der Waals surface area contributed by atoms with Crippen LogP contribution in [0.4, 0.5) is 5.82 Å². The Labute approximate surface area is 100 Å². The lowest BCUT2D eigenvalue weighted by Gasteiger charge is -2.17.